The van der Waals surface area contributed by atoms with Gasteiger partial charge in [0.05, 0.1) is 27.3 Å². The Morgan fingerprint density at radius 1 is 1.45 bits per heavy atom. The van der Waals surface area contributed by atoms with Crippen LogP contribution in [-0.2, 0) is 9.84 Å². The molecule has 1 aromatic rings. The van der Waals surface area contributed by atoms with Gasteiger partial charge in [0.25, 0.3) is 11.6 Å². The fourth-order valence-electron chi connectivity index (χ4n) is 1.71. The fraction of sp³-hybridized carbons (Fsp3) is 0.182. The Hall–Kier alpha value is -1.93. The Bertz CT molecular complexity index is 714. The monoisotopic (exact) mass is 316 g/mol. The second-order valence-electron chi connectivity index (χ2n) is 4.16. The minimum absolute atomic E-state index is 0.0509. The number of nitro groups is 1. The van der Waals surface area contributed by atoms with Gasteiger partial charge in [-0.3, -0.25) is 14.9 Å². The van der Waals surface area contributed by atoms with Crippen LogP contribution in [0, 0.1) is 10.1 Å². The number of hydrogen-bond donors (Lipinski definition) is 1. The van der Waals surface area contributed by atoms with Crippen molar-refractivity contribution in [3.8, 4) is 0 Å². The van der Waals surface area contributed by atoms with E-state index in [1.807, 2.05) is 0 Å². The normalized spacial score (nSPS) is 19.8. The fourth-order valence-corrected chi connectivity index (χ4v) is 3.21. The van der Waals surface area contributed by atoms with E-state index in [2.05, 4.69) is 5.32 Å². The van der Waals surface area contributed by atoms with Crippen LogP contribution in [0.4, 0.5) is 5.69 Å². The van der Waals surface area contributed by atoms with Crippen LogP contribution < -0.4 is 5.32 Å². The number of carbonyl (C=O) groups is 1. The molecule has 1 atom stereocenters. The zero-order valence-corrected chi connectivity index (χ0v) is 11.5. The number of nitrogens with one attached hydrogen (secondary N) is 1. The maximum absolute atomic E-state index is 11.9. The smallest absolute Gasteiger partial charge is 0.270 e. The minimum atomic E-state index is -3.27. The Balaban J connectivity index is 2.14. The van der Waals surface area contributed by atoms with Gasteiger partial charge in [0.1, 0.15) is 0 Å². The lowest BCUT2D eigenvalue weighted by molar-refractivity contribution is -0.384. The van der Waals surface area contributed by atoms with Crippen molar-refractivity contribution in [1.29, 1.82) is 0 Å². The number of carbonyl (C=O) groups excluding carboxylic acids is 1. The molecule has 0 radical (unpaired) electrons. The van der Waals surface area contributed by atoms with Crippen LogP contribution in [0.25, 0.3) is 0 Å². The van der Waals surface area contributed by atoms with Crippen molar-refractivity contribution in [3.63, 3.8) is 0 Å². The molecule has 9 heteroatoms. The number of nitro benzene ring substituents is 1. The van der Waals surface area contributed by atoms with Gasteiger partial charge in [0.15, 0.2) is 9.84 Å². The summed E-state index contributed by atoms with van der Waals surface area (Å²) in [4.78, 5) is 21.8. The molecule has 0 aromatic heterocycles. The van der Waals surface area contributed by atoms with E-state index < -0.39 is 26.7 Å². The van der Waals surface area contributed by atoms with Crippen molar-refractivity contribution in [3.05, 3.63) is 50.4 Å². The lowest BCUT2D eigenvalue weighted by Gasteiger charge is -2.10. The first-order valence-corrected chi connectivity index (χ1v) is 7.53. The first-order chi connectivity index (χ1) is 9.28. The highest BCUT2D eigenvalue weighted by atomic mass is 35.5. The Morgan fingerprint density at radius 3 is 2.65 bits per heavy atom. The molecule has 0 saturated carbocycles. The van der Waals surface area contributed by atoms with Gasteiger partial charge in [-0.25, -0.2) is 8.42 Å². The molecular formula is C11H9ClN2O5S. The first kappa shape index (κ1) is 14.5. The summed E-state index contributed by atoms with van der Waals surface area (Å²) < 4.78 is 22.4. The van der Waals surface area contributed by atoms with Crippen molar-refractivity contribution in [2.75, 3.05) is 5.75 Å². The summed E-state index contributed by atoms with van der Waals surface area (Å²) in [7, 11) is -3.27. The Morgan fingerprint density at radius 2 is 2.15 bits per heavy atom. The maximum Gasteiger partial charge on any atom is 0.270 e. The largest absolute Gasteiger partial charge is 0.345 e. The predicted molar refractivity (Wildman–Crippen MR) is 72.3 cm³/mol. The number of sulfone groups is 1. The summed E-state index contributed by atoms with van der Waals surface area (Å²) >= 11 is 5.81. The lowest BCUT2D eigenvalue weighted by Crippen LogP contribution is -2.35. The van der Waals surface area contributed by atoms with Crippen LogP contribution in [0.2, 0.25) is 5.02 Å². The number of amides is 1. The molecule has 0 spiro atoms. The van der Waals surface area contributed by atoms with Crippen LogP contribution in [0.1, 0.15) is 10.4 Å². The third-order valence-electron chi connectivity index (χ3n) is 2.65. The first-order valence-electron chi connectivity index (χ1n) is 5.44. The molecule has 1 amide bonds. The van der Waals surface area contributed by atoms with Crippen LogP contribution >= 0.6 is 11.6 Å². The number of hydrogen-bond acceptors (Lipinski definition) is 5. The van der Waals surface area contributed by atoms with E-state index in [1.54, 1.807) is 0 Å². The average Bonchev–Trinajstić information content (AvgIpc) is 2.68. The summed E-state index contributed by atoms with van der Waals surface area (Å²) in [6, 6.07) is 2.82. The highest BCUT2D eigenvalue weighted by Gasteiger charge is 2.24. The van der Waals surface area contributed by atoms with Crippen molar-refractivity contribution in [2.24, 2.45) is 0 Å². The highest BCUT2D eigenvalue weighted by molar-refractivity contribution is 7.94. The van der Waals surface area contributed by atoms with Crippen molar-refractivity contribution >= 4 is 33.0 Å². The molecule has 1 aliphatic heterocycles. The molecule has 0 saturated heterocycles. The number of benzene rings is 1. The minimum Gasteiger partial charge on any atom is -0.345 e. The van der Waals surface area contributed by atoms with Crippen molar-refractivity contribution in [1.82, 2.24) is 5.32 Å². The second kappa shape index (κ2) is 5.22. The number of nitrogens with zero attached hydrogens (tertiary/aromatic N) is 1. The van der Waals surface area contributed by atoms with Gasteiger partial charge in [-0.1, -0.05) is 11.6 Å². The van der Waals surface area contributed by atoms with E-state index in [-0.39, 0.29) is 22.0 Å². The molecular weight excluding hydrogens is 308 g/mol. The summed E-state index contributed by atoms with van der Waals surface area (Å²) in [6.45, 7) is 0. The maximum atomic E-state index is 11.9. The van der Waals surface area contributed by atoms with Gasteiger partial charge in [-0.15, -0.1) is 0 Å². The van der Waals surface area contributed by atoms with Crippen LogP contribution in [0.3, 0.4) is 0 Å². The van der Waals surface area contributed by atoms with Gasteiger partial charge in [0, 0.05) is 17.5 Å². The SMILES string of the molecule is O=C(NC1C=CS(=O)(=O)C1)c1ccc([N+](=O)[O-])cc1Cl. The van der Waals surface area contributed by atoms with E-state index >= 15 is 0 Å². The second-order valence-corrected chi connectivity index (χ2v) is 6.50. The molecule has 106 valence electrons. The van der Waals surface area contributed by atoms with Crippen molar-refractivity contribution < 1.29 is 18.1 Å². The molecule has 1 unspecified atom stereocenters. The molecule has 0 aliphatic carbocycles. The zero-order valence-electron chi connectivity index (χ0n) is 9.95. The molecule has 7 nitrogen and oxygen atoms in total. The van der Waals surface area contributed by atoms with Gasteiger partial charge >= 0.3 is 0 Å². The molecule has 0 bridgehead atoms. The van der Waals surface area contributed by atoms with E-state index in [9.17, 15) is 23.3 Å². The molecule has 1 N–H and O–H groups in total. The van der Waals surface area contributed by atoms with E-state index in [1.165, 1.54) is 12.1 Å². The molecule has 1 heterocycles. The Kier molecular flexibility index (Phi) is 3.78. The number of halogens is 1. The summed E-state index contributed by atoms with van der Waals surface area (Å²) in [6.07, 6.45) is 1.37. The standard InChI is InChI=1S/C11H9ClN2O5S/c12-10-5-8(14(16)17)1-2-9(10)11(15)13-7-3-4-20(18,19)6-7/h1-5,7H,6H2,(H,13,15). The molecule has 0 fully saturated rings. The molecule has 1 aliphatic rings. The number of rotatable bonds is 3. The van der Waals surface area contributed by atoms with Crippen LogP contribution in [0.15, 0.2) is 29.7 Å². The lowest BCUT2D eigenvalue weighted by atomic mass is 10.2. The molecule has 20 heavy (non-hydrogen) atoms. The summed E-state index contributed by atoms with van der Waals surface area (Å²) in [5.41, 5.74) is -0.176. The summed E-state index contributed by atoms with van der Waals surface area (Å²) in [5.74, 6) is -0.791. The quantitative estimate of drug-likeness (QED) is 0.668. The van der Waals surface area contributed by atoms with Gasteiger partial charge in [-0.2, -0.15) is 0 Å². The van der Waals surface area contributed by atoms with Gasteiger partial charge in [0.2, 0.25) is 0 Å². The predicted octanol–water partition coefficient (Wildman–Crippen LogP) is 1.29. The zero-order chi connectivity index (χ0) is 14.9. The van der Waals surface area contributed by atoms with Crippen LogP contribution in [-0.4, -0.2) is 31.0 Å². The topological polar surface area (TPSA) is 106 Å². The van der Waals surface area contributed by atoms with Crippen molar-refractivity contribution in [2.45, 2.75) is 6.04 Å². The Labute approximate surface area is 119 Å². The summed E-state index contributed by atoms with van der Waals surface area (Å²) in [5, 5.41) is 14.0. The van der Waals surface area contributed by atoms with E-state index in [0.29, 0.717) is 0 Å². The molecule has 2 rings (SSSR count). The third-order valence-corrected chi connectivity index (χ3v) is 4.36. The average molecular weight is 317 g/mol. The number of non-ortho nitro benzene ring substituents is 1. The third kappa shape index (κ3) is 3.14. The van der Waals surface area contributed by atoms with Gasteiger partial charge < -0.3 is 5.32 Å². The van der Waals surface area contributed by atoms with Gasteiger partial charge in [-0.05, 0) is 12.1 Å². The van der Waals surface area contributed by atoms with Crippen LogP contribution in [0.5, 0.6) is 0 Å². The van der Waals surface area contributed by atoms with E-state index in [0.717, 1.165) is 17.5 Å². The van der Waals surface area contributed by atoms with E-state index in [4.69, 9.17) is 11.6 Å². The highest BCUT2D eigenvalue weighted by Crippen LogP contribution is 2.22. The molecule has 1 aromatic carbocycles.